The van der Waals surface area contributed by atoms with Gasteiger partial charge in [-0.3, -0.25) is 0 Å². The first kappa shape index (κ1) is 46.1. The maximum Gasteiger partial charge on any atom is 0.124 e. The Labute approximate surface area is 450 Å². The summed E-state index contributed by atoms with van der Waals surface area (Å²) in [5.74, 6) is 4.26. The van der Waals surface area contributed by atoms with E-state index in [9.17, 15) is 0 Å². The predicted molar refractivity (Wildman–Crippen MR) is 311 cm³/mol. The molecule has 4 nitrogen and oxygen atoms in total. The van der Waals surface area contributed by atoms with Crippen LogP contribution >= 0.6 is 0 Å². The molecule has 4 aliphatic heterocycles. The third-order valence-electron chi connectivity index (χ3n) is 23.8. The van der Waals surface area contributed by atoms with E-state index in [0.717, 1.165) is 74.4 Å². The molecular weight excluding hydrogens is 929 g/mol. The summed E-state index contributed by atoms with van der Waals surface area (Å²) in [4.78, 5) is 0. The third-order valence-corrected chi connectivity index (χ3v) is 23.8. The van der Waals surface area contributed by atoms with Gasteiger partial charge in [-0.2, -0.15) is 0 Å². The first-order chi connectivity index (χ1) is 36.5. The molecule has 16 rings (SSSR count). The van der Waals surface area contributed by atoms with Gasteiger partial charge in [0.15, 0.2) is 0 Å². The summed E-state index contributed by atoms with van der Waals surface area (Å²) in [6.07, 6.45) is 18.7. The summed E-state index contributed by atoms with van der Waals surface area (Å²) >= 11 is 0. The van der Waals surface area contributed by atoms with E-state index < -0.39 is 0 Å². The smallest absolute Gasteiger partial charge is 0.124 e. The van der Waals surface area contributed by atoms with Gasteiger partial charge in [0.1, 0.15) is 45.4 Å². The summed E-state index contributed by atoms with van der Waals surface area (Å²) in [6.45, 7) is 19.4. The van der Waals surface area contributed by atoms with Gasteiger partial charge in [-0.15, -0.1) is 0 Å². The first-order valence-corrected chi connectivity index (χ1v) is 29.6. The second kappa shape index (κ2) is 15.0. The van der Waals surface area contributed by atoms with E-state index in [1.54, 1.807) is 0 Å². The van der Waals surface area contributed by atoms with Gasteiger partial charge in [-0.1, -0.05) is 102 Å². The predicted octanol–water partition coefficient (Wildman–Crippen LogP) is 19.2. The van der Waals surface area contributed by atoms with Crippen LogP contribution in [0.5, 0.6) is 23.0 Å². The van der Waals surface area contributed by atoms with Crippen molar-refractivity contribution in [2.45, 2.75) is 202 Å². The Morgan fingerprint density at radius 3 is 0.724 bits per heavy atom. The molecule has 386 valence electrons. The van der Waals surface area contributed by atoms with E-state index >= 15 is 0 Å². The Morgan fingerprint density at radius 1 is 0.263 bits per heavy atom. The number of hydrogen-bond donors (Lipinski definition) is 0. The number of rotatable bonds is 4. The molecule has 4 saturated carbocycles. The molecule has 0 saturated heterocycles. The average Bonchev–Trinajstić information content (AvgIpc) is 4.17. The van der Waals surface area contributed by atoms with Gasteiger partial charge in [0.05, 0.1) is 0 Å². The summed E-state index contributed by atoms with van der Waals surface area (Å²) in [6, 6.07) is 43.8. The molecule has 0 aromatic heterocycles. The van der Waals surface area contributed by atoms with Gasteiger partial charge in [0.25, 0.3) is 0 Å². The molecule has 4 heterocycles. The van der Waals surface area contributed by atoms with E-state index in [4.69, 9.17) is 18.9 Å². The van der Waals surface area contributed by atoms with Gasteiger partial charge in [-0.05, 0) is 242 Å². The van der Waals surface area contributed by atoms with Crippen LogP contribution in [0.3, 0.4) is 0 Å². The van der Waals surface area contributed by atoms with Crippen molar-refractivity contribution < 1.29 is 18.9 Å². The van der Waals surface area contributed by atoms with E-state index in [0.29, 0.717) is 0 Å². The molecule has 8 unspecified atom stereocenters. The van der Waals surface area contributed by atoms with Crippen LogP contribution in [0.1, 0.15) is 180 Å². The monoisotopic (exact) mass is 1000 g/mol. The van der Waals surface area contributed by atoms with Gasteiger partial charge < -0.3 is 18.9 Å². The Kier molecular flexibility index (Phi) is 9.08. The molecule has 8 atom stereocenters. The van der Waals surface area contributed by atoms with Crippen LogP contribution in [0, 0.1) is 0 Å². The van der Waals surface area contributed by atoms with Crippen molar-refractivity contribution in [3.05, 3.63) is 131 Å². The van der Waals surface area contributed by atoms with Crippen LogP contribution < -0.4 is 18.9 Å². The molecular formula is C72H74O4. The molecule has 8 aromatic rings. The fourth-order valence-electron chi connectivity index (χ4n) is 18.0. The van der Waals surface area contributed by atoms with E-state index in [1.807, 2.05) is 0 Å². The molecule has 4 heteroatoms. The normalized spacial score (nSPS) is 33.5. The Balaban J connectivity index is 0.986. The fourth-order valence-corrected chi connectivity index (χ4v) is 18.0. The van der Waals surface area contributed by atoms with Crippen molar-refractivity contribution in [2.24, 2.45) is 0 Å². The van der Waals surface area contributed by atoms with Gasteiger partial charge >= 0.3 is 0 Å². The number of benzene rings is 8. The summed E-state index contributed by atoms with van der Waals surface area (Å²) in [7, 11) is 0. The molecule has 4 aliphatic carbocycles. The summed E-state index contributed by atoms with van der Waals surface area (Å²) in [5.41, 5.74) is 14.7. The van der Waals surface area contributed by atoms with E-state index in [2.05, 4.69) is 165 Å². The summed E-state index contributed by atoms with van der Waals surface area (Å²) < 4.78 is 28.0. The SMILES string of the molecule is CC12CCCCC1(C)c1cc(-c3cc(-c4ccc5c(c4)C4(C)CCCCC4(C)O5)c4ccc5c(-c6ccc7c(c6)C6(C)CCCCC6(C)O7)cc(-c6ccc7c(c6)C6(C)CCCCC6(C)O7)c6ccc3c4c65)ccc1O2. The van der Waals surface area contributed by atoms with Gasteiger partial charge in [0.2, 0.25) is 0 Å². The highest BCUT2D eigenvalue weighted by Gasteiger charge is 2.59. The molecule has 8 aromatic carbocycles. The molecule has 76 heavy (non-hydrogen) atoms. The van der Waals surface area contributed by atoms with Gasteiger partial charge in [0, 0.05) is 43.9 Å². The van der Waals surface area contributed by atoms with Gasteiger partial charge in [-0.25, -0.2) is 0 Å². The molecule has 0 radical (unpaired) electrons. The summed E-state index contributed by atoms with van der Waals surface area (Å²) in [5, 5.41) is 7.88. The minimum absolute atomic E-state index is 0.0465. The number of ether oxygens (including phenoxy) is 4. The molecule has 0 bridgehead atoms. The zero-order valence-electron chi connectivity index (χ0n) is 46.3. The Bertz CT molecular complexity index is 3360. The number of fused-ring (bicyclic) bond motifs is 12. The maximum atomic E-state index is 6.99. The second-order valence-electron chi connectivity index (χ2n) is 27.3. The van der Waals surface area contributed by atoms with Crippen LogP contribution in [0.2, 0.25) is 0 Å². The molecule has 0 N–H and O–H groups in total. The number of hydrogen-bond acceptors (Lipinski definition) is 4. The van der Waals surface area contributed by atoms with Crippen molar-refractivity contribution in [3.63, 3.8) is 0 Å². The van der Waals surface area contributed by atoms with E-state index in [-0.39, 0.29) is 44.1 Å². The highest BCUT2D eigenvalue weighted by atomic mass is 16.5. The zero-order valence-corrected chi connectivity index (χ0v) is 46.3. The third kappa shape index (κ3) is 5.67. The van der Waals surface area contributed by atoms with Crippen LogP contribution in [0.4, 0.5) is 0 Å². The minimum Gasteiger partial charge on any atom is -0.486 e. The molecule has 0 amide bonds. The van der Waals surface area contributed by atoms with E-state index in [1.165, 1.54) is 150 Å². The van der Waals surface area contributed by atoms with Crippen molar-refractivity contribution in [2.75, 3.05) is 0 Å². The quantitative estimate of drug-likeness (QED) is 0.165. The molecule has 4 fully saturated rings. The lowest BCUT2D eigenvalue weighted by molar-refractivity contribution is 0.00727. The second-order valence-corrected chi connectivity index (χ2v) is 27.3. The maximum absolute atomic E-state index is 6.99. The molecule has 0 spiro atoms. The van der Waals surface area contributed by atoms with Crippen molar-refractivity contribution >= 4 is 32.3 Å². The van der Waals surface area contributed by atoms with Crippen LogP contribution in [0.15, 0.2) is 109 Å². The lowest BCUT2D eigenvalue weighted by atomic mass is 9.62. The fraction of sp³-hybridized carbons (Fsp3) is 0.444. The Morgan fingerprint density at radius 2 is 0.487 bits per heavy atom. The Hall–Kier alpha value is -6.00. The van der Waals surface area contributed by atoms with Crippen LogP contribution in [0.25, 0.3) is 76.8 Å². The van der Waals surface area contributed by atoms with Crippen molar-refractivity contribution in [1.29, 1.82) is 0 Å². The zero-order chi connectivity index (χ0) is 51.6. The van der Waals surface area contributed by atoms with Crippen LogP contribution in [-0.2, 0) is 21.7 Å². The largest absolute Gasteiger partial charge is 0.486 e. The lowest BCUT2D eigenvalue weighted by Crippen LogP contribution is -2.49. The highest BCUT2D eigenvalue weighted by Crippen LogP contribution is 2.62. The van der Waals surface area contributed by atoms with Crippen molar-refractivity contribution in [1.82, 2.24) is 0 Å². The highest BCUT2D eigenvalue weighted by molar-refractivity contribution is 6.32. The van der Waals surface area contributed by atoms with Crippen LogP contribution in [-0.4, -0.2) is 22.4 Å². The molecule has 8 aliphatic rings. The lowest BCUT2D eigenvalue weighted by Gasteiger charge is -2.43. The topological polar surface area (TPSA) is 36.9 Å². The standard InChI is InChI=1S/C72H74O4/c1-65-29-9-13-33-69(65,5)73-59-25-17-43(37-55(59)65)51-41-52(44-18-26-60-56(38-44)66(2)30-10-14-34-70(66,6)74-60)48-23-24-50-54(46-20-28-62-58(40-46)68(4)32-12-16-36-72(68,8)76-62)42-53(49-22-21-47(51)63(48)64(49)50)45-19-27-61-57(39-45)67(3)31-11-15-35-71(67,7)75-61/h17-28,37-42H,9-16,29-36H2,1-8H3. The van der Waals surface area contributed by atoms with Crippen molar-refractivity contribution in [3.8, 4) is 67.5 Å². The average molecular weight is 1000 g/mol. The first-order valence-electron chi connectivity index (χ1n) is 29.6. The minimum atomic E-state index is -0.198.